The van der Waals surface area contributed by atoms with E-state index in [1.807, 2.05) is 0 Å². The van der Waals surface area contributed by atoms with E-state index in [2.05, 4.69) is 10.6 Å². The summed E-state index contributed by atoms with van der Waals surface area (Å²) in [6, 6.07) is 13.3. The highest BCUT2D eigenvalue weighted by Crippen LogP contribution is 2.17. The van der Waals surface area contributed by atoms with Gasteiger partial charge >= 0.3 is 0 Å². The van der Waals surface area contributed by atoms with Gasteiger partial charge < -0.3 is 19.5 Å². The first-order valence-corrected chi connectivity index (χ1v) is 6.94. The van der Waals surface area contributed by atoms with Gasteiger partial charge in [0, 0.05) is 11.4 Å². The van der Waals surface area contributed by atoms with E-state index in [4.69, 9.17) is 8.83 Å². The van der Waals surface area contributed by atoms with Gasteiger partial charge in [0.05, 0.1) is 6.26 Å². The average Bonchev–Trinajstić information content (AvgIpc) is 3.18. The van der Waals surface area contributed by atoms with Crippen molar-refractivity contribution in [3.05, 3.63) is 72.1 Å². The Bertz CT molecular complexity index is 834. The standard InChI is InChI=1S/C17H14N2O4/c1-11-7-8-15(23-11)17(21)19-13-5-2-4-12(10-13)18-16(20)14-6-3-9-22-14/h2-10H,1H3,(H,18,20)(H,19,21). The van der Waals surface area contributed by atoms with Gasteiger partial charge in [0.1, 0.15) is 5.76 Å². The number of anilines is 2. The molecule has 0 unspecified atom stereocenters. The second kappa shape index (κ2) is 6.23. The predicted molar refractivity (Wildman–Crippen MR) is 84.5 cm³/mol. The number of amides is 2. The molecule has 116 valence electrons. The minimum Gasteiger partial charge on any atom is -0.459 e. The van der Waals surface area contributed by atoms with Gasteiger partial charge in [-0.25, -0.2) is 0 Å². The van der Waals surface area contributed by atoms with Crippen LogP contribution >= 0.6 is 0 Å². The van der Waals surface area contributed by atoms with Crippen molar-refractivity contribution in [2.24, 2.45) is 0 Å². The number of hydrogen-bond donors (Lipinski definition) is 2. The van der Waals surface area contributed by atoms with E-state index >= 15 is 0 Å². The summed E-state index contributed by atoms with van der Waals surface area (Å²) in [5.41, 5.74) is 1.08. The highest BCUT2D eigenvalue weighted by Gasteiger charge is 2.12. The number of aryl methyl sites for hydroxylation is 1. The van der Waals surface area contributed by atoms with Gasteiger partial charge in [0.2, 0.25) is 0 Å². The number of benzene rings is 1. The van der Waals surface area contributed by atoms with Crippen molar-refractivity contribution in [2.45, 2.75) is 6.92 Å². The van der Waals surface area contributed by atoms with Crippen LogP contribution in [0, 0.1) is 6.92 Å². The smallest absolute Gasteiger partial charge is 0.291 e. The molecule has 0 aliphatic heterocycles. The van der Waals surface area contributed by atoms with Crippen molar-refractivity contribution in [2.75, 3.05) is 10.6 Å². The van der Waals surface area contributed by atoms with Crippen LogP contribution in [0.2, 0.25) is 0 Å². The highest BCUT2D eigenvalue weighted by molar-refractivity contribution is 6.04. The number of rotatable bonds is 4. The zero-order chi connectivity index (χ0) is 16.2. The minimum atomic E-state index is -0.361. The Morgan fingerprint density at radius 2 is 1.57 bits per heavy atom. The molecule has 2 amide bonds. The zero-order valence-electron chi connectivity index (χ0n) is 12.3. The first-order valence-electron chi connectivity index (χ1n) is 6.94. The molecule has 3 aromatic rings. The molecule has 0 saturated carbocycles. The molecule has 2 aromatic heterocycles. The lowest BCUT2D eigenvalue weighted by molar-refractivity contribution is 0.0989. The third-order valence-corrected chi connectivity index (χ3v) is 3.09. The monoisotopic (exact) mass is 310 g/mol. The summed E-state index contributed by atoms with van der Waals surface area (Å²) >= 11 is 0. The predicted octanol–water partition coefficient (Wildman–Crippen LogP) is 3.69. The van der Waals surface area contributed by atoms with Crippen molar-refractivity contribution in [3.8, 4) is 0 Å². The highest BCUT2D eigenvalue weighted by atomic mass is 16.4. The lowest BCUT2D eigenvalue weighted by Gasteiger charge is -2.07. The van der Waals surface area contributed by atoms with Crippen LogP contribution in [0.5, 0.6) is 0 Å². The third-order valence-electron chi connectivity index (χ3n) is 3.09. The van der Waals surface area contributed by atoms with Gasteiger partial charge in [-0.2, -0.15) is 0 Å². The van der Waals surface area contributed by atoms with Gasteiger partial charge in [-0.3, -0.25) is 9.59 Å². The molecular formula is C17H14N2O4. The number of carbonyl (C=O) groups is 2. The quantitative estimate of drug-likeness (QED) is 0.769. The maximum absolute atomic E-state index is 12.0. The molecule has 0 aliphatic carbocycles. The summed E-state index contributed by atoms with van der Waals surface area (Å²) in [5, 5.41) is 5.41. The molecule has 23 heavy (non-hydrogen) atoms. The van der Waals surface area contributed by atoms with Gasteiger partial charge in [-0.05, 0) is 49.4 Å². The molecule has 6 heteroatoms. The van der Waals surface area contributed by atoms with Crippen LogP contribution < -0.4 is 10.6 Å². The fourth-order valence-corrected chi connectivity index (χ4v) is 2.02. The average molecular weight is 310 g/mol. The van der Waals surface area contributed by atoms with Crippen LogP contribution in [-0.4, -0.2) is 11.8 Å². The summed E-state index contributed by atoms with van der Waals surface area (Å²) in [5.74, 6) is 0.389. The van der Waals surface area contributed by atoms with E-state index in [9.17, 15) is 9.59 Å². The minimum absolute atomic E-state index is 0.213. The Morgan fingerprint density at radius 3 is 2.13 bits per heavy atom. The molecule has 0 saturated heterocycles. The Balaban J connectivity index is 1.70. The molecule has 1 aromatic carbocycles. The molecule has 0 atom stereocenters. The maximum atomic E-state index is 12.0. The van der Waals surface area contributed by atoms with Gasteiger partial charge in [0.25, 0.3) is 11.8 Å². The first-order chi connectivity index (χ1) is 11.1. The zero-order valence-corrected chi connectivity index (χ0v) is 12.3. The van der Waals surface area contributed by atoms with Gasteiger partial charge in [0.15, 0.2) is 11.5 Å². The van der Waals surface area contributed by atoms with E-state index in [0.717, 1.165) is 0 Å². The summed E-state index contributed by atoms with van der Waals surface area (Å²) in [4.78, 5) is 24.0. The Labute approximate surface area is 132 Å². The molecule has 0 fully saturated rings. The normalized spacial score (nSPS) is 10.3. The van der Waals surface area contributed by atoms with Crippen LogP contribution in [0.15, 0.2) is 63.6 Å². The van der Waals surface area contributed by atoms with Crippen LogP contribution in [-0.2, 0) is 0 Å². The van der Waals surface area contributed by atoms with E-state index in [-0.39, 0.29) is 23.3 Å². The van der Waals surface area contributed by atoms with Crippen LogP contribution in [0.3, 0.4) is 0 Å². The summed E-state index contributed by atoms with van der Waals surface area (Å²) in [6.07, 6.45) is 1.43. The number of nitrogens with one attached hydrogen (secondary N) is 2. The molecular weight excluding hydrogens is 296 g/mol. The molecule has 2 N–H and O–H groups in total. The van der Waals surface area contributed by atoms with Crippen LogP contribution in [0.25, 0.3) is 0 Å². The van der Waals surface area contributed by atoms with Crippen LogP contribution in [0.4, 0.5) is 11.4 Å². The van der Waals surface area contributed by atoms with Crippen molar-refractivity contribution in [3.63, 3.8) is 0 Å². The number of carbonyl (C=O) groups excluding carboxylic acids is 2. The molecule has 2 heterocycles. The fraction of sp³-hybridized carbons (Fsp3) is 0.0588. The van der Waals surface area contributed by atoms with E-state index in [0.29, 0.717) is 17.1 Å². The summed E-state index contributed by atoms with van der Waals surface area (Å²) in [7, 11) is 0. The Morgan fingerprint density at radius 1 is 0.870 bits per heavy atom. The topological polar surface area (TPSA) is 84.5 Å². The van der Waals surface area contributed by atoms with Crippen molar-refractivity contribution in [1.29, 1.82) is 0 Å². The second-order valence-electron chi connectivity index (χ2n) is 4.88. The molecule has 6 nitrogen and oxygen atoms in total. The number of hydrogen-bond acceptors (Lipinski definition) is 4. The Kier molecular flexibility index (Phi) is 3.97. The molecule has 0 radical (unpaired) electrons. The molecule has 0 spiro atoms. The second-order valence-corrected chi connectivity index (χ2v) is 4.88. The van der Waals surface area contributed by atoms with Crippen molar-refractivity contribution >= 4 is 23.2 Å². The lowest BCUT2D eigenvalue weighted by Crippen LogP contribution is -2.13. The lowest BCUT2D eigenvalue weighted by atomic mass is 10.2. The van der Waals surface area contributed by atoms with Gasteiger partial charge in [-0.1, -0.05) is 6.07 Å². The molecule has 3 rings (SSSR count). The SMILES string of the molecule is Cc1ccc(C(=O)Nc2cccc(NC(=O)c3ccco3)c2)o1. The van der Waals surface area contributed by atoms with Gasteiger partial charge in [-0.15, -0.1) is 0 Å². The van der Waals surface area contributed by atoms with E-state index < -0.39 is 0 Å². The maximum Gasteiger partial charge on any atom is 0.291 e. The molecule has 0 aliphatic rings. The number of furan rings is 2. The third kappa shape index (κ3) is 3.49. The fourth-order valence-electron chi connectivity index (χ4n) is 2.02. The Hall–Kier alpha value is -3.28. The molecule has 0 bridgehead atoms. The van der Waals surface area contributed by atoms with Crippen molar-refractivity contribution in [1.82, 2.24) is 0 Å². The van der Waals surface area contributed by atoms with E-state index in [1.165, 1.54) is 6.26 Å². The summed E-state index contributed by atoms with van der Waals surface area (Å²) in [6.45, 7) is 1.77. The largest absolute Gasteiger partial charge is 0.459 e. The first kappa shape index (κ1) is 14.6. The van der Waals surface area contributed by atoms with E-state index in [1.54, 1.807) is 55.5 Å². The van der Waals surface area contributed by atoms with Crippen molar-refractivity contribution < 1.29 is 18.4 Å². The van der Waals surface area contributed by atoms with Crippen LogP contribution in [0.1, 0.15) is 26.9 Å². The summed E-state index contributed by atoms with van der Waals surface area (Å²) < 4.78 is 10.3.